The van der Waals surface area contributed by atoms with Crippen LogP contribution in [0.5, 0.6) is 5.75 Å². The van der Waals surface area contributed by atoms with Gasteiger partial charge in [0, 0.05) is 23.3 Å². The summed E-state index contributed by atoms with van der Waals surface area (Å²) in [5.41, 5.74) is 4.32. The van der Waals surface area contributed by atoms with Crippen molar-refractivity contribution in [1.29, 1.82) is 0 Å². The fourth-order valence-corrected chi connectivity index (χ4v) is 3.33. The van der Waals surface area contributed by atoms with Gasteiger partial charge in [-0.2, -0.15) is 0 Å². The number of hydrogen-bond donors (Lipinski definition) is 0. The summed E-state index contributed by atoms with van der Waals surface area (Å²) in [6.07, 6.45) is 2.93. The standard InChI is InChI=1S/C19H19NO2/c1-4-7-12-11(3)21-16-10-15-19(22-17(5-2)20-15)14-9-6-8-13(12)18(14)16/h6,8-10H,4-5,7H2,1-3H3. The van der Waals surface area contributed by atoms with Crippen molar-refractivity contribution in [1.82, 2.24) is 4.98 Å². The molecule has 0 saturated carbocycles. The van der Waals surface area contributed by atoms with Crippen LogP contribution in [0, 0.1) is 0 Å². The molecule has 0 fully saturated rings. The van der Waals surface area contributed by atoms with Crippen molar-refractivity contribution in [2.24, 2.45) is 0 Å². The lowest BCUT2D eigenvalue weighted by molar-refractivity contribution is 0.430. The third-order valence-corrected chi connectivity index (χ3v) is 4.34. The van der Waals surface area contributed by atoms with Gasteiger partial charge in [0.25, 0.3) is 0 Å². The van der Waals surface area contributed by atoms with E-state index in [4.69, 9.17) is 9.15 Å². The van der Waals surface area contributed by atoms with Gasteiger partial charge in [-0.1, -0.05) is 38.5 Å². The summed E-state index contributed by atoms with van der Waals surface area (Å²) in [5.74, 6) is 2.67. The third-order valence-electron chi connectivity index (χ3n) is 4.34. The van der Waals surface area contributed by atoms with Crippen LogP contribution in [0.15, 0.2) is 34.4 Å². The molecule has 1 aliphatic heterocycles. The summed E-state index contributed by atoms with van der Waals surface area (Å²) in [6.45, 7) is 6.30. The summed E-state index contributed by atoms with van der Waals surface area (Å²) in [7, 11) is 0. The van der Waals surface area contributed by atoms with Gasteiger partial charge in [0.05, 0.1) is 0 Å². The van der Waals surface area contributed by atoms with Crippen LogP contribution in [0.4, 0.5) is 0 Å². The van der Waals surface area contributed by atoms with E-state index < -0.39 is 0 Å². The Labute approximate surface area is 129 Å². The molecule has 112 valence electrons. The molecule has 0 unspecified atom stereocenters. The lowest BCUT2D eigenvalue weighted by Gasteiger charge is -2.22. The molecule has 22 heavy (non-hydrogen) atoms. The first-order chi connectivity index (χ1) is 10.7. The molecule has 1 aliphatic rings. The summed E-state index contributed by atoms with van der Waals surface area (Å²) < 4.78 is 12.1. The number of ether oxygens (including phenoxy) is 1. The zero-order valence-electron chi connectivity index (χ0n) is 13.2. The highest BCUT2D eigenvalue weighted by Crippen LogP contribution is 2.44. The average molecular weight is 293 g/mol. The maximum atomic E-state index is 6.12. The van der Waals surface area contributed by atoms with Crippen molar-refractivity contribution < 1.29 is 9.15 Å². The summed E-state index contributed by atoms with van der Waals surface area (Å²) in [4.78, 5) is 4.56. The van der Waals surface area contributed by atoms with Crippen molar-refractivity contribution in [3.8, 4) is 5.75 Å². The zero-order valence-corrected chi connectivity index (χ0v) is 13.2. The molecule has 0 spiro atoms. The Morgan fingerprint density at radius 3 is 2.82 bits per heavy atom. The molecule has 1 aromatic heterocycles. The Kier molecular flexibility index (Phi) is 2.96. The van der Waals surface area contributed by atoms with Crippen LogP contribution < -0.4 is 4.74 Å². The van der Waals surface area contributed by atoms with E-state index in [1.54, 1.807) is 0 Å². The number of aromatic nitrogens is 1. The number of hydrogen-bond acceptors (Lipinski definition) is 3. The summed E-state index contributed by atoms with van der Waals surface area (Å²) >= 11 is 0. The van der Waals surface area contributed by atoms with Gasteiger partial charge in [-0.3, -0.25) is 0 Å². The zero-order chi connectivity index (χ0) is 15.3. The van der Waals surface area contributed by atoms with Crippen LogP contribution in [0.3, 0.4) is 0 Å². The maximum Gasteiger partial charge on any atom is 0.195 e. The molecule has 0 N–H and O–H groups in total. The molecular formula is C19H19NO2. The molecule has 3 aromatic rings. The fourth-order valence-electron chi connectivity index (χ4n) is 3.33. The molecular weight excluding hydrogens is 274 g/mol. The highest BCUT2D eigenvalue weighted by atomic mass is 16.5. The van der Waals surface area contributed by atoms with E-state index in [9.17, 15) is 0 Å². The lowest BCUT2D eigenvalue weighted by atomic mass is 9.92. The molecule has 0 atom stereocenters. The van der Waals surface area contributed by atoms with Crippen LogP contribution in [-0.2, 0) is 6.42 Å². The molecule has 0 bridgehead atoms. The van der Waals surface area contributed by atoms with Gasteiger partial charge in [0.15, 0.2) is 11.5 Å². The number of aryl methyl sites for hydroxylation is 1. The SMILES string of the molecule is CCCC1=C(C)Oc2cc3nc(CC)oc3c3cccc1c23. The Hall–Kier alpha value is -2.29. The minimum Gasteiger partial charge on any atom is -0.461 e. The van der Waals surface area contributed by atoms with Crippen LogP contribution in [0.25, 0.3) is 27.4 Å². The second-order valence-electron chi connectivity index (χ2n) is 5.80. The molecule has 2 aromatic carbocycles. The minimum absolute atomic E-state index is 0.775. The molecule has 4 rings (SSSR count). The van der Waals surface area contributed by atoms with Crippen molar-refractivity contribution in [2.45, 2.75) is 40.0 Å². The summed E-state index contributed by atoms with van der Waals surface area (Å²) in [6, 6.07) is 8.40. The Morgan fingerprint density at radius 2 is 2.05 bits per heavy atom. The summed E-state index contributed by atoms with van der Waals surface area (Å²) in [5, 5.41) is 2.25. The number of benzene rings is 2. The smallest absolute Gasteiger partial charge is 0.195 e. The molecule has 3 heteroatoms. The minimum atomic E-state index is 0.775. The first-order valence-corrected chi connectivity index (χ1v) is 7.96. The quantitative estimate of drug-likeness (QED) is 0.642. The monoisotopic (exact) mass is 293 g/mol. The second-order valence-corrected chi connectivity index (χ2v) is 5.80. The fraction of sp³-hybridized carbons (Fsp3) is 0.316. The maximum absolute atomic E-state index is 6.12. The first kappa shape index (κ1) is 13.4. The van der Waals surface area contributed by atoms with Gasteiger partial charge in [-0.15, -0.1) is 0 Å². The largest absolute Gasteiger partial charge is 0.461 e. The van der Waals surface area contributed by atoms with Gasteiger partial charge in [0.2, 0.25) is 0 Å². The van der Waals surface area contributed by atoms with E-state index in [1.807, 2.05) is 6.07 Å². The molecule has 0 amide bonds. The van der Waals surface area contributed by atoms with E-state index >= 15 is 0 Å². The molecule has 0 radical (unpaired) electrons. The highest BCUT2D eigenvalue weighted by molar-refractivity contribution is 6.11. The van der Waals surface area contributed by atoms with E-state index in [1.165, 1.54) is 11.1 Å². The van der Waals surface area contributed by atoms with Gasteiger partial charge in [-0.05, 0) is 24.5 Å². The van der Waals surface area contributed by atoms with Gasteiger partial charge >= 0.3 is 0 Å². The van der Waals surface area contributed by atoms with E-state index in [0.29, 0.717) is 0 Å². The highest BCUT2D eigenvalue weighted by Gasteiger charge is 2.23. The second kappa shape index (κ2) is 4.87. The number of fused-ring (bicyclic) bond motifs is 2. The van der Waals surface area contributed by atoms with E-state index in [0.717, 1.165) is 58.5 Å². The number of allylic oxidation sites excluding steroid dienone is 2. The number of nitrogens with zero attached hydrogens (tertiary/aromatic N) is 1. The van der Waals surface area contributed by atoms with Crippen molar-refractivity contribution in [3.05, 3.63) is 41.5 Å². The normalized spacial score (nSPS) is 14.0. The van der Waals surface area contributed by atoms with Gasteiger partial charge in [-0.25, -0.2) is 4.98 Å². The van der Waals surface area contributed by atoms with E-state index in [-0.39, 0.29) is 0 Å². The van der Waals surface area contributed by atoms with Crippen molar-refractivity contribution >= 4 is 27.4 Å². The lowest BCUT2D eigenvalue weighted by Crippen LogP contribution is -2.04. The van der Waals surface area contributed by atoms with Gasteiger partial charge in [0.1, 0.15) is 17.0 Å². The van der Waals surface area contributed by atoms with Crippen LogP contribution in [0.2, 0.25) is 0 Å². The third kappa shape index (κ3) is 1.78. The molecule has 0 saturated heterocycles. The van der Waals surface area contributed by atoms with Gasteiger partial charge < -0.3 is 9.15 Å². The number of oxazole rings is 1. The Morgan fingerprint density at radius 1 is 1.18 bits per heavy atom. The number of rotatable bonds is 3. The van der Waals surface area contributed by atoms with Crippen molar-refractivity contribution in [3.63, 3.8) is 0 Å². The molecule has 0 aliphatic carbocycles. The molecule has 2 heterocycles. The Bertz CT molecular complexity index is 918. The first-order valence-electron chi connectivity index (χ1n) is 7.96. The predicted octanol–water partition coefficient (Wildman–Crippen LogP) is 5.47. The topological polar surface area (TPSA) is 35.3 Å². The van der Waals surface area contributed by atoms with Crippen LogP contribution in [0.1, 0.15) is 45.1 Å². The average Bonchev–Trinajstić information content (AvgIpc) is 2.94. The van der Waals surface area contributed by atoms with E-state index in [2.05, 4.69) is 44.0 Å². The predicted molar refractivity (Wildman–Crippen MR) is 89.0 cm³/mol. The van der Waals surface area contributed by atoms with Crippen molar-refractivity contribution in [2.75, 3.05) is 0 Å². The van der Waals surface area contributed by atoms with Crippen LogP contribution in [-0.4, -0.2) is 4.98 Å². The van der Waals surface area contributed by atoms with Crippen LogP contribution >= 0.6 is 0 Å². The molecule has 3 nitrogen and oxygen atoms in total. The Balaban J connectivity index is 2.09.